The summed E-state index contributed by atoms with van der Waals surface area (Å²) in [5, 5.41) is 7.68. The van der Waals surface area contributed by atoms with Gasteiger partial charge in [-0.05, 0) is 43.0 Å². The Labute approximate surface area is 344 Å². The number of imide groups is 1. The van der Waals surface area contributed by atoms with Gasteiger partial charge < -0.3 is 29.9 Å². The van der Waals surface area contributed by atoms with Crippen LogP contribution in [0, 0.1) is 11.6 Å². The molecule has 0 aliphatic carbocycles. The van der Waals surface area contributed by atoms with Gasteiger partial charge in [0.1, 0.15) is 34.7 Å². The average Bonchev–Trinajstić information content (AvgIpc) is 3.71. The van der Waals surface area contributed by atoms with Crippen molar-refractivity contribution in [3.8, 4) is 17.4 Å². The maximum absolute atomic E-state index is 15.8. The fourth-order valence-corrected chi connectivity index (χ4v) is 7.99. The van der Waals surface area contributed by atoms with Crippen LogP contribution in [-0.2, 0) is 35.4 Å². The number of nitrogens with zero attached hydrogens (tertiary/aromatic N) is 5. The van der Waals surface area contributed by atoms with Crippen LogP contribution in [0.1, 0.15) is 79.0 Å². The minimum atomic E-state index is -4.93. The van der Waals surface area contributed by atoms with E-state index in [2.05, 4.69) is 25.9 Å². The zero-order chi connectivity index (χ0) is 43.3. The van der Waals surface area contributed by atoms with Crippen LogP contribution in [0.4, 0.5) is 33.6 Å². The number of rotatable bonds is 10. The Balaban J connectivity index is 0.905. The van der Waals surface area contributed by atoms with Crippen molar-refractivity contribution in [2.24, 2.45) is 0 Å². The largest absolute Gasteiger partial charge is 0.495 e. The van der Waals surface area contributed by atoms with Gasteiger partial charge in [0.25, 0.3) is 17.7 Å². The summed E-state index contributed by atoms with van der Waals surface area (Å²) in [7, 11) is 2.79. The molecule has 1 atom stereocenters. The maximum Gasteiger partial charge on any atom is 0.423 e. The lowest BCUT2D eigenvalue weighted by Crippen LogP contribution is -2.52. The lowest BCUT2D eigenvalue weighted by Gasteiger charge is -2.32. The Morgan fingerprint density at radius 1 is 0.984 bits per heavy atom. The number of carbonyl (C=O) groups is 5. The molecule has 0 spiro atoms. The number of nitrogens with one attached hydrogen (secondary N) is 3. The third kappa shape index (κ3) is 8.01. The van der Waals surface area contributed by atoms with Gasteiger partial charge in [0.05, 0.1) is 30.5 Å². The van der Waals surface area contributed by atoms with E-state index in [-0.39, 0.29) is 78.0 Å². The predicted octanol–water partition coefficient (Wildman–Crippen LogP) is 5.06. The minimum Gasteiger partial charge on any atom is -0.495 e. The molecule has 0 bridgehead atoms. The van der Waals surface area contributed by atoms with E-state index in [1.807, 2.05) is 4.90 Å². The first-order valence-electron chi connectivity index (χ1n) is 19.2. The topological polar surface area (TPSA) is 175 Å². The Hall–Kier alpha value is -6.70. The molecular weight excluding hydrogens is 811 g/mol. The molecule has 5 heterocycles. The molecule has 2 fully saturated rings. The fourth-order valence-electron chi connectivity index (χ4n) is 7.99. The second-order valence-corrected chi connectivity index (χ2v) is 15.1. The summed E-state index contributed by atoms with van der Waals surface area (Å²) in [6.07, 6.45) is -3.31. The summed E-state index contributed by atoms with van der Waals surface area (Å²) in [5.74, 6) is -5.71. The molecule has 15 nitrogen and oxygen atoms in total. The predicted molar refractivity (Wildman–Crippen MR) is 204 cm³/mol. The Bertz CT molecular complexity index is 2490. The van der Waals surface area contributed by atoms with Crippen LogP contribution >= 0.6 is 0 Å². The molecule has 318 valence electrons. The highest BCUT2D eigenvalue weighted by atomic mass is 19.4. The van der Waals surface area contributed by atoms with E-state index in [0.29, 0.717) is 43.3 Å². The highest BCUT2D eigenvalue weighted by Gasteiger charge is 2.41. The number of likely N-dealkylation sites (tertiary alicyclic amines) is 1. The molecule has 8 rings (SSSR count). The zero-order valence-corrected chi connectivity index (χ0v) is 32.6. The average molecular weight is 849 g/mol. The normalized spacial score (nSPS) is 18.2. The van der Waals surface area contributed by atoms with Crippen molar-refractivity contribution in [3.63, 3.8) is 0 Å². The molecule has 0 saturated carbocycles. The number of aromatic nitrogens is 2. The van der Waals surface area contributed by atoms with Gasteiger partial charge in [-0.25, -0.2) is 13.8 Å². The van der Waals surface area contributed by atoms with Crippen molar-refractivity contribution in [2.45, 2.75) is 63.6 Å². The first-order valence-corrected chi connectivity index (χ1v) is 19.2. The molecule has 4 aliphatic rings. The molecular formula is C41H37F5N8O7. The van der Waals surface area contributed by atoms with Gasteiger partial charge in [-0.2, -0.15) is 18.2 Å². The number of halogens is 5. The van der Waals surface area contributed by atoms with E-state index < -0.39 is 70.8 Å². The summed E-state index contributed by atoms with van der Waals surface area (Å²) in [4.78, 5) is 75.4. The van der Waals surface area contributed by atoms with Crippen molar-refractivity contribution in [3.05, 3.63) is 99.2 Å². The fraction of sp³-hybridized carbons (Fsp3) is 0.341. The summed E-state index contributed by atoms with van der Waals surface area (Å²) in [6.45, 7) is 1.28. The number of fused-ring (bicyclic) bond motifs is 2. The number of benzene rings is 3. The number of carbonyl (C=O) groups excluding carboxylic acids is 5. The molecule has 5 amide bonds. The first-order chi connectivity index (χ1) is 29.1. The van der Waals surface area contributed by atoms with Crippen LogP contribution in [0.3, 0.4) is 0 Å². The molecule has 2 saturated heterocycles. The smallest absolute Gasteiger partial charge is 0.423 e. The van der Waals surface area contributed by atoms with Gasteiger partial charge in [0, 0.05) is 74.6 Å². The second kappa shape index (κ2) is 16.1. The first kappa shape index (κ1) is 41.1. The van der Waals surface area contributed by atoms with Crippen LogP contribution in [0.25, 0.3) is 0 Å². The lowest BCUT2D eigenvalue weighted by molar-refractivity contribution is -0.139. The summed E-state index contributed by atoms with van der Waals surface area (Å²) in [6, 6.07) is 8.44. The summed E-state index contributed by atoms with van der Waals surface area (Å²) < 4.78 is 84.4. The van der Waals surface area contributed by atoms with E-state index >= 15 is 8.78 Å². The van der Waals surface area contributed by atoms with Gasteiger partial charge in [-0.15, -0.1) is 0 Å². The van der Waals surface area contributed by atoms with Gasteiger partial charge >= 0.3 is 6.18 Å². The minimum absolute atomic E-state index is 0.0554. The molecule has 0 radical (unpaired) electrons. The van der Waals surface area contributed by atoms with Gasteiger partial charge in [-0.1, -0.05) is 18.2 Å². The number of methoxy groups -OCH3 is 1. The molecule has 61 heavy (non-hydrogen) atoms. The van der Waals surface area contributed by atoms with Crippen molar-refractivity contribution in [1.82, 2.24) is 35.3 Å². The zero-order valence-electron chi connectivity index (χ0n) is 32.6. The van der Waals surface area contributed by atoms with E-state index in [4.69, 9.17) is 9.47 Å². The monoisotopic (exact) mass is 848 g/mol. The molecule has 1 aromatic heterocycles. The molecule has 20 heteroatoms. The van der Waals surface area contributed by atoms with E-state index in [9.17, 15) is 37.1 Å². The van der Waals surface area contributed by atoms with Crippen molar-refractivity contribution in [1.29, 1.82) is 0 Å². The third-order valence-electron chi connectivity index (χ3n) is 11.2. The van der Waals surface area contributed by atoms with Crippen LogP contribution in [0.5, 0.6) is 17.4 Å². The van der Waals surface area contributed by atoms with Gasteiger partial charge in [0.2, 0.25) is 23.6 Å². The number of piperidine rings is 2. The van der Waals surface area contributed by atoms with E-state index in [1.54, 1.807) is 19.2 Å². The highest BCUT2D eigenvalue weighted by Crippen LogP contribution is 2.40. The van der Waals surface area contributed by atoms with Crippen LogP contribution < -0.4 is 25.4 Å². The van der Waals surface area contributed by atoms with Crippen molar-refractivity contribution in [2.75, 3.05) is 32.6 Å². The maximum atomic E-state index is 15.8. The Morgan fingerprint density at radius 3 is 2.48 bits per heavy atom. The quantitative estimate of drug-likeness (QED) is 0.144. The number of amides is 5. The van der Waals surface area contributed by atoms with Crippen molar-refractivity contribution < 1.29 is 55.4 Å². The molecule has 3 aromatic carbocycles. The summed E-state index contributed by atoms with van der Waals surface area (Å²) in [5.41, 5.74) is -0.414. The molecule has 4 aromatic rings. The van der Waals surface area contributed by atoms with Gasteiger partial charge in [-0.3, -0.25) is 34.2 Å². The lowest BCUT2D eigenvalue weighted by atomic mass is 10.0. The standard InChI is InChI=1S/C41H37F5N8O7/c1-52-17-20-4-3-5-30(33(20)39(52)59)61-37-26(41(44,45)46)16-47-40(51-37)49-28-15-27(42)24(14-31(28)60-2)35(56)48-22-10-12-53(13-11-22)18-21-6-7-23-25(34(21)43)19-54(38(23)58)29-8-9-32(55)50-36(29)57/h3-7,14-16,22,29H,8-13,17-19H2,1-2H3,(H,48,56)(H,47,49,51)(H,50,55,57). The highest BCUT2D eigenvalue weighted by molar-refractivity contribution is 6.05. The Kier molecular flexibility index (Phi) is 10.8. The van der Waals surface area contributed by atoms with Crippen molar-refractivity contribution >= 4 is 41.2 Å². The van der Waals surface area contributed by atoms with Crippen LogP contribution in [-0.4, -0.2) is 93.5 Å². The number of ether oxygens (including phenoxy) is 2. The van der Waals surface area contributed by atoms with Crippen LogP contribution in [0.15, 0.2) is 48.7 Å². The van der Waals surface area contributed by atoms with E-state index in [0.717, 1.165) is 12.1 Å². The number of hydrogen-bond acceptors (Lipinski definition) is 11. The molecule has 1 unspecified atom stereocenters. The van der Waals surface area contributed by atoms with Gasteiger partial charge in [0.15, 0.2) is 0 Å². The second-order valence-electron chi connectivity index (χ2n) is 15.1. The van der Waals surface area contributed by atoms with E-state index in [1.165, 1.54) is 35.1 Å². The Morgan fingerprint density at radius 2 is 1.75 bits per heavy atom. The van der Waals surface area contributed by atoms with Crippen LogP contribution in [0.2, 0.25) is 0 Å². The number of alkyl halides is 3. The third-order valence-corrected chi connectivity index (χ3v) is 11.2. The molecule has 4 aliphatic heterocycles. The number of hydrogen-bond donors (Lipinski definition) is 3. The SMILES string of the molecule is COc1cc(C(=O)NC2CCN(Cc3ccc4c(c3F)CN(C3CCC(=O)NC3=O)C4=O)CC2)c(F)cc1Nc1ncc(C(F)(F)F)c(Oc2cccc3c2C(=O)N(C)C3)n1. The molecule has 3 N–H and O–H groups in total. The summed E-state index contributed by atoms with van der Waals surface area (Å²) >= 11 is 0. The number of anilines is 2.